The van der Waals surface area contributed by atoms with Crippen LogP contribution >= 0.6 is 0 Å². The van der Waals surface area contributed by atoms with Crippen LogP contribution in [0.3, 0.4) is 0 Å². The molecule has 24 heavy (non-hydrogen) atoms. The van der Waals surface area contributed by atoms with Gasteiger partial charge in [-0.25, -0.2) is 0 Å². The molecule has 0 saturated heterocycles. The molecule has 0 atom stereocenters. The van der Waals surface area contributed by atoms with E-state index in [1.54, 1.807) is 19.9 Å². The van der Waals surface area contributed by atoms with Gasteiger partial charge in [0, 0.05) is 6.54 Å². The fraction of sp³-hybridized carbons (Fsp3) is 0.556. The fourth-order valence-electron chi connectivity index (χ4n) is 2.23. The minimum atomic E-state index is -0.792. The Labute approximate surface area is 143 Å². The van der Waals surface area contributed by atoms with Gasteiger partial charge in [0.25, 0.3) is 5.91 Å². The largest absolute Gasteiger partial charge is 0.484 e. The number of hydrogen-bond acceptors (Lipinski definition) is 5. The quantitative estimate of drug-likeness (QED) is 0.695. The summed E-state index contributed by atoms with van der Waals surface area (Å²) in [7, 11) is 1.30. The van der Waals surface area contributed by atoms with E-state index in [0.717, 1.165) is 12.0 Å². The number of methoxy groups -OCH3 is 1. The predicted molar refractivity (Wildman–Crippen MR) is 90.8 cm³/mol. The van der Waals surface area contributed by atoms with Gasteiger partial charge in [0.2, 0.25) is 0 Å². The number of amides is 1. The maximum atomic E-state index is 12.5. The standard InChI is InChI=1S/C18H27NO5/c1-5-14-7-6-8-15(11-14)24-12-16(21)19(18(2,3)13-20)10-9-17(22)23-4/h6-8,11,20H,5,9-10,12-13H2,1-4H3. The van der Waals surface area contributed by atoms with Crippen LogP contribution in [0.2, 0.25) is 0 Å². The summed E-state index contributed by atoms with van der Waals surface area (Å²) in [4.78, 5) is 25.3. The third-order valence-electron chi connectivity index (χ3n) is 3.85. The van der Waals surface area contributed by atoms with Crippen LogP contribution in [0.4, 0.5) is 0 Å². The number of nitrogens with zero attached hydrogens (tertiary/aromatic N) is 1. The van der Waals surface area contributed by atoms with Gasteiger partial charge in [0.05, 0.1) is 25.7 Å². The first kappa shape index (κ1) is 20.0. The third kappa shape index (κ3) is 5.85. The van der Waals surface area contributed by atoms with Crippen LogP contribution in [-0.4, -0.2) is 54.3 Å². The average molecular weight is 337 g/mol. The van der Waals surface area contributed by atoms with E-state index in [-0.39, 0.29) is 32.1 Å². The first-order valence-corrected chi connectivity index (χ1v) is 8.04. The van der Waals surface area contributed by atoms with E-state index in [0.29, 0.717) is 5.75 Å². The van der Waals surface area contributed by atoms with Crippen molar-refractivity contribution in [2.75, 3.05) is 26.9 Å². The zero-order chi connectivity index (χ0) is 18.2. The summed E-state index contributed by atoms with van der Waals surface area (Å²) in [5, 5.41) is 9.54. The molecule has 1 aromatic rings. The highest BCUT2D eigenvalue weighted by molar-refractivity contribution is 5.79. The van der Waals surface area contributed by atoms with Gasteiger partial charge in [-0.2, -0.15) is 0 Å². The summed E-state index contributed by atoms with van der Waals surface area (Å²) in [6.45, 7) is 5.31. The number of aliphatic hydroxyl groups is 1. The van der Waals surface area contributed by atoms with Crippen molar-refractivity contribution in [2.45, 2.75) is 39.2 Å². The highest BCUT2D eigenvalue weighted by Gasteiger charge is 2.30. The molecule has 0 aliphatic carbocycles. The molecule has 0 heterocycles. The summed E-state index contributed by atoms with van der Waals surface area (Å²) >= 11 is 0. The van der Waals surface area contributed by atoms with Crippen LogP contribution in [0.5, 0.6) is 5.75 Å². The minimum absolute atomic E-state index is 0.0665. The van der Waals surface area contributed by atoms with Gasteiger partial charge in [0.1, 0.15) is 5.75 Å². The molecule has 0 aliphatic heterocycles. The van der Waals surface area contributed by atoms with Crippen LogP contribution in [-0.2, 0) is 20.7 Å². The van der Waals surface area contributed by atoms with Crippen molar-refractivity contribution in [2.24, 2.45) is 0 Å². The summed E-state index contributed by atoms with van der Waals surface area (Å²) in [5.74, 6) is -0.0737. The lowest BCUT2D eigenvalue weighted by Crippen LogP contribution is -2.52. The Morgan fingerprint density at radius 3 is 2.58 bits per heavy atom. The second kappa shape index (κ2) is 9.27. The Morgan fingerprint density at radius 1 is 1.29 bits per heavy atom. The van der Waals surface area contributed by atoms with Gasteiger partial charge in [-0.1, -0.05) is 19.1 Å². The number of esters is 1. The molecule has 0 aliphatic rings. The summed E-state index contributed by atoms with van der Waals surface area (Å²) in [6.07, 6.45) is 0.949. The van der Waals surface area contributed by atoms with Crippen molar-refractivity contribution in [3.8, 4) is 5.75 Å². The zero-order valence-corrected chi connectivity index (χ0v) is 14.9. The second-order valence-corrected chi connectivity index (χ2v) is 6.13. The molecule has 6 nitrogen and oxygen atoms in total. The van der Waals surface area contributed by atoms with Crippen LogP contribution in [0.15, 0.2) is 24.3 Å². The molecular weight excluding hydrogens is 310 g/mol. The molecule has 0 spiro atoms. The number of aliphatic hydroxyl groups excluding tert-OH is 1. The van der Waals surface area contributed by atoms with Crippen LogP contribution in [0.25, 0.3) is 0 Å². The number of ether oxygens (including phenoxy) is 2. The van der Waals surface area contributed by atoms with Crippen molar-refractivity contribution >= 4 is 11.9 Å². The van der Waals surface area contributed by atoms with E-state index in [9.17, 15) is 14.7 Å². The predicted octanol–water partition coefficient (Wildman–Crippen LogP) is 1.79. The lowest BCUT2D eigenvalue weighted by Gasteiger charge is -2.37. The zero-order valence-electron chi connectivity index (χ0n) is 14.9. The molecule has 1 rings (SSSR count). The lowest BCUT2D eigenvalue weighted by atomic mass is 10.0. The van der Waals surface area contributed by atoms with Gasteiger partial charge in [-0.15, -0.1) is 0 Å². The number of carbonyl (C=O) groups excluding carboxylic acids is 2. The van der Waals surface area contributed by atoms with Crippen molar-refractivity contribution in [1.82, 2.24) is 4.90 Å². The Morgan fingerprint density at radius 2 is 2.00 bits per heavy atom. The molecule has 0 unspecified atom stereocenters. The van der Waals surface area contributed by atoms with E-state index < -0.39 is 11.5 Å². The second-order valence-electron chi connectivity index (χ2n) is 6.13. The smallest absolute Gasteiger partial charge is 0.307 e. The SMILES string of the molecule is CCc1cccc(OCC(=O)N(CCC(=O)OC)C(C)(C)CO)c1. The summed E-state index contributed by atoms with van der Waals surface area (Å²) in [5.41, 5.74) is 0.331. The van der Waals surface area contributed by atoms with Gasteiger partial charge in [0.15, 0.2) is 6.61 Å². The maximum absolute atomic E-state index is 12.5. The number of rotatable bonds is 9. The van der Waals surface area contributed by atoms with E-state index in [1.807, 2.05) is 25.1 Å². The highest BCUT2D eigenvalue weighted by atomic mass is 16.5. The van der Waals surface area contributed by atoms with Crippen molar-refractivity contribution in [3.63, 3.8) is 0 Å². The Bertz CT molecular complexity index is 556. The Balaban J connectivity index is 2.74. The van der Waals surface area contributed by atoms with Gasteiger partial charge in [-0.05, 0) is 38.0 Å². The van der Waals surface area contributed by atoms with E-state index in [1.165, 1.54) is 12.0 Å². The summed E-state index contributed by atoms with van der Waals surface area (Å²) < 4.78 is 10.2. The van der Waals surface area contributed by atoms with Gasteiger partial charge < -0.3 is 19.5 Å². The van der Waals surface area contributed by atoms with Crippen LogP contribution in [0.1, 0.15) is 32.8 Å². The van der Waals surface area contributed by atoms with Crippen molar-refractivity contribution in [1.29, 1.82) is 0 Å². The van der Waals surface area contributed by atoms with E-state index in [4.69, 9.17) is 4.74 Å². The lowest BCUT2D eigenvalue weighted by molar-refractivity contribution is -0.145. The molecule has 6 heteroatoms. The molecule has 0 aromatic heterocycles. The first-order chi connectivity index (χ1) is 11.3. The number of carbonyl (C=O) groups is 2. The normalized spacial score (nSPS) is 11.0. The van der Waals surface area contributed by atoms with E-state index >= 15 is 0 Å². The Kier molecular flexibility index (Phi) is 7.71. The Hall–Kier alpha value is -2.08. The molecule has 0 radical (unpaired) electrons. The number of benzene rings is 1. The number of aryl methyl sites for hydroxylation is 1. The molecule has 1 amide bonds. The summed E-state index contributed by atoms with van der Waals surface area (Å²) in [6, 6.07) is 7.56. The third-order valence-corrected chi connectivity index (χ3v) is 3.85. The molecular formula is C18H27NO5. The van der Waals surface area contributed by atoms with Gasteiger partial charge >= 0.3 is 5.97 Å². The highest BCUT2D eigenvalue weighted by Crippen LogP contribution is 2.17. The molecule has 0 saturated carbocycles. The number of hydrogen-bond donors (Lipinski definition) is 1. The fourth-order valence-corrected chi connectivity index (χ4v) is 2.23. The maximum Gasteiger partial charge on any atom is 0.307 e. The van der Waals surface area contributed by atoms with Crippen LogP contribution in [0, 0.1) is 0 Å². The van der Waals surface area contributed by atoms with Gasteiger partial charge in [-0.3, -0.25) is 9.59 Å². The van der Waals surface area contributed by atoms with E-state index in [2.05, 4.69) is 4.74 Å². The van der Waals surface area contributed by atoms with Crippen LogP contribution < -0.4 is 4.74 Å². The topological polar surface area (TPSA) is 76.1 Å². The minimum Gasteiger partial charge on any atom is -0.484 e. The molecule has 0 bridgehead atoms. The molecule has 1 N–H and O–H groups in total. The molecule has 0 fully saturated rings. The van der Waals surface area contributed by atoms with Crippen molar-refractivity contribution in [3.05, 3.63) is 29.8 Å². The van der Waals surface area contributed by atoms with Crippen molar-refractivity contribution < 1.29 is 24.2 Å². The molecule has 134 valence electrons. The monoisotopic (exact) mass is 337 g/mol. The molecule has 1 aromatic carbocycles. The average Bonchev–Trinajstić information content (AvgIpc) is 2.59. The first-order valence-electron chi connectivity index (χ1n) is 8.04.